The van der Waals surface area contributed by atoms with E-state index in [0.29, 0.717) is 22.7 Å². The van der Waals surface area contributed by atoms with Crippen LogP contribution in [0.15, 0.2) is 27.8 Å². The third kappa shape index (κ3) is 2.77. The Morgan fingerprint density at radius 1 is 1.15 bits per heavy atom. The summed E-state index contributed by atoms with van der Waals surface area (Å²) in [7, 11) is 0. The molecule has 0 radical (unpaired) electrons. The first-order valence-corrected chi connectivity index (χ1v) is 7.08. The highest BCUT2D eigenvalue weighted by molar-refractivity contribution is 6.42. The number of rotatable bonds is 3. The molecule has 0 aliphatic rings. The highest BCUT2D eigenvalue weighted by atomic mass is 35.5. The van der Waals surface area contributed by atoms with Crippen molar-refractivity contribution in [1.82, 2.24) is 9.55 Å². The minimum atomic E-state index is -0.613. The van der Waals surface area contributed by atoms with Crippen molar-refractivity contribution in [2.45, 2.75) is 19.8 Å². The number of H-pyrrole nitrogens is 1. The molecule has 0 atom stereocenters. The first-order valence-electron chi connectivity index (χ1n) is 5.94. The zero-order chi connectivity index (χ0) is 14.9. The Hall–Kier alpha value is -1.23. The molecule has 0 amide bonds. The lowest BCUT2D eigenvalue weighted by molar-refractivity contribution is 0.812. The van der Waals surface area contributed by atoms with Crippen molar-refractivity contribution in [2.24, 2.45) is 0 Å². The summed E-state index contributed by atoms with van der Waals surface area (Å²) in [6.07, 6.45) is 1.22. The van der Waals surface area contributed by atoms with Gasteiger partial charge in [0.25, 0.3) is 5.56 Å². The standard InChI is InChI=1S/C13H11Cl3N2O2/c1-2-3-8-11(16)17-13(20)18(12(8)19)7-4-5-9(14)10(15)6-7/h4-6H,2-3H2,1H3,(H,17,20). The number of aromatic nitrogens is 2. The number of hydrogen-bond acceptors (Lipinski definition) is 2. The van der Waals surface area contributed by atoms with E-state index in [0.717, 1.165) is 11.0 Å². The lowest BCUT2D eigenvalue weighted by Gasteiger charge is -2.09. The summed E-state index contributed by atoms with van der Waals surface area (Å²) in [6, 6.07) is 4.54. The van der Waals surface area contributed by atoms with E-state index in [4.69, 9.17) is 34.8 Å². The fourth-order valence-electron chi connectivity index (χ4n) is 1.87. The Labute approximate surface area is 129 Å². The summed E-state index contributed by atoms with van der Waals surface area (Å²) in [5, 5.41) is 0.697. The maximum Gasteiger partial charge on any atom is 0.334 e. The molecule has 2 aromatic rings. The molecule has 0 bridgehead atoms. The van der Waals surface area contributed by atoms with Crippen LogP contribution in [0.3, 0.4) is 0 Å². The van der Waals surface area contributed by atoms with Gasteiger partial charge in [0.05, 0.1) is 21.3 Å². The van der Waals surface area contributed by atoms with E-state index in [2.05, 4.69) is 4.98 Å². The third-order valence-corrected chi connectivity index (χ3v) is 3.87. The minimum absolute atomic E-state index is 0.0816. The normalized spacial score (nSPS) is 10.8. The number of halogens is 3. The van der Waals surface area contributed by atoms with Crippen LogP contribution in [-0.4, -0.2) is 9.55 Å². The Balaban J connectivity index is 2.73. The van der Waals surface area contributed by atoms with Crippen molar-refractivity contribution < 1.29 is 0 Å². The van der Waals surface area contributed by atoms with Gasteiger partial charge in [0, 0.05) is 0 Å². The monoisotopic (exact) mass is 332 g/mol. The van der Waals surface area contributed by atoms with Crippen LogP contribution >= 0.6 is 34.8 Å². The highest BCUT2D eigenvalue weighted by Crippen LogP contribution is 2.23. The number of aromatic amines is 1. The van der Waals surface area contributed by atoms with Crippen molar-refractivity contribution in [3.8, 4) is 5.69 Å². The molecule has 0 fully saturated rings. The second-order valence-corrected chi connectivity index (χ2v) is 5.40. The van der Waals surface area contributed by atoms with E-state index in [9.17, 15) is 9.59 Å². The van der Waals surface area contributed by atoms with Crippen LogP contribution in [0.4, 0.5) is 0 Å². The molecule has 0 spiro atoms. The van der Waals surface area contributed by atoms with Crippen LogP contribution in [0.25, 0.3) is 5.69 Å². The molecule has 20 heavy (non-hydrogen) atoms. The van der Waals surface area contributed by atoms with Gasteiger partial charge in [-0.15, -0.1) is 0 Å². The van der Waals surface area contributed by atoms with Crippen LogP contribution in [0.1, 0.15) is 18.9 Å². The number of hydrogen-bond donors (Lipinski definition) is 1. The SMILES string of the molecule is CCCc1c(Cl)[nH]c(=O)n(-c2ccc(Cl)c(Cl)c2)c1=O. The van der Waals surface area contributed by atoms with Gasteiger partial charge in [-0.1, -0.05) is 48.1 Å². The first-order chi connectivity index (χ1) is 9.45. The zero-order valence-corrected chi connectivity index (χ0v) is 12.8. The Bertz CT molecular complexity index is 765. The van der Waals surface area contributed by atoms with Gasteiger partial charge in [-0.2, -0.15) is 0 Å². The molecule has 0 saturated carbocycles. The molecule has 0 saturated heterocycles. The Morgan fingerprint density at radius 2 is 1.85 bits per heavy atom. The van der Waals surface area contributed by atoms with E-state index >= 15 is 0 Å². The molecule has 1 heterocycles. The van der Waals surface area contributed by atoms with E-state index in [1.165, 1.54) is 12.1 Å². The van der Waals surface area contributed by atoms with Crippen molar-refractivity contribution >= 4 is 34.8 Å². The van der Waals surface area contributed by atoms with Crippen molar-refractivity contribution in [1.29, 1.82) is 0 Å². The Morgan fingerprint density at radius 3 is 2.45 bits per heavy atom. The smallest absolute Gasteiger partial charge is 0.297 e. The average molecular weight is 334 g/mol. The van der Waals surface area contributed by atoms with Crippen molar-refractivity contribution in [2.75, 3.05) is 0 Å². The molecule has 1 aromatic heterocycles. The van der Waals surface area contributed by atoms with Crippen LogP contribution in [0.2, 0.25) is 15.2 Å². The maximum atomic E-state index is 12.4. The molecule has 0 aliphatic carbocycles. The summed E-state index contributed by atoms with van der Waals surface area (Å²) in [6.45, 7) is 1.92. The molecule has 7 heteroatoms. The molecular formula is C13H11Cl3N2O2. The van der Waals surface area contributed by atoms with Crippen molar-refractivity contribution in [3.63, 3.8) is 0 Å². The first kappa shape index (κ1) is 15.2. The summed E-state index contributed by atoms with van der Waals surface area (Å²) in [5.41, 5.74) is -0.336. The summed E-state index contributed by atoms with van der Waals surface area (Å²) in [5.74, 6) is 0. The van der Waals surface area contributed by atoms with Gasteiger partial charge < -0.3 is 0 Å². The van der Waals surface area contributed by atoms with E-state index in [1.54, 1.807) is 6.07 Å². The second kappa shape index (κ2) is 6.04. The van der Waals surface area contributed by atoms with E-state index in [1.807, 2.05) is 6.92 Å². The van der Waals surface area contributed by atoms with Crippen LogP contribution in [0.5, 0.6) is 0 Å². The number of nitrogens with one attached hydrogen (secondary N) is 1. The van der Waals surface area contributed by atoms with Gasteiger partial charge in [-0.25, -0.2) is 9.36 Å². The number of benzene rings is 1. The molecule has 1 aromatic carbocycles. The third-order valence-electron chi connectivity index (χ3n) is 2.81. The molecule has 1 N–H and O–H groups in total. The van der Waals surface area contributed by atoms with E-state index in [-0.39, 0.29) is 10.2 Å². The fourth-order valence-corrected chi connectivity index (χ4v) is 2.42. The Kier molecular flexibility index (Phi) is 4.58. The maximum absolute atomic E-state index is 12.4. The average Bonchev–Trinajstić information content (AvgIpc) is 2.38. The molecule has 106 valence electrons. The minimum Gasteiger partial charge on any atom is -0.297 e. The molecular weight excluding hydrogens is 323 g/mol. The number of nitrogens with zero attached hydrogens (tertiary/aromatic N) is 1. The van der Waals surface area contributed by atoms with Crippen LogP contribution in [-0.2, 0) is 6.42 Å². The molecule has 0 aliphatic heterocycles. The summed E-state index contributed by atoms with van der Waals surface area (Å²) < 4.78 is 0.999. The van der Waals surface area contributed by atoms with Gasteiger partial charge in [0.2, 0.25) is 0 Å². The van der Waals surface area contributed by atoms with Gasteiger partial charge in [-0.3, -0.25) is 9.78 Å². The topological polar surface area (TPSA) is 54.9 Å². The van der Waals surface area contributed by atoms with Crippen LogP contribution in [0, 0.1) is 0 Å². The van der Waals surface area contributed by atoms with Gasteiger partial charge in [0.1, 0.15) is 5.15 Å². The lowest BCUT2D eigenvalue weighted by Crippen LogP contribution is -2.36. The lowest BCUT2D eigenvalue weighted by atomic mass is 10.2. The fraction of sp³-hybridized carbons (Fsp3) is 0.231. The molecule has 4 nitrogen and oxygen atoms in total. The largest absolute Gasteiger partial charge is 0.334 e. The van der Waals surface area contributed by atoms with Crippen LogP contribution < -0.4 is 11.2 Å². The van der Waals surface area contributed by atoms with Gasteiger partial charge in [-0.05, 0) is 24.6 Å². The summed E-state index contributed by atoms with van der Waals surface area (Å²) >= 11 is 17.7. The summed E-state index contributed by atoms with van der Waals surface area (Å²) in [4.78, 5) is 26.8. The van der Waals surface area contributed by atoms with E-state index < -0.39 is 11.2 Å². The molecule has 2 rings (SSSR count). The second-order valence-electron chi connectivity index (χ2n) is 4.21. The quantitative estimate of drug-likeness (QED) is 0.875. The zero-order valence-electron chi connectivity index (χ0n) is 10.5. The highest BCUT2D eigenvalue weighted by Gasteiger charge is 2.14. The predicted molar refractivity (Wildman–Crippen MR) is 81.7 cm³/mol. The van der Waals surface area contributed by atoms with Gasteiger partial charge >= 0.3 is 5.69 Å². The molecule has 0 unspecified atom stereocenters. The van der Waals surface area contributed by atoms with Gasteiger partial charge in [0.15, 0.2) is 0 Å². The van der Waals surface area contributed by atoms with Crippen molar-refractivity contribution in [3.05, 3.63) is 59.8 Å². The predicted octanol–water partition coefficient (Wildman–Crippen LogP) is 3.44.